The number of nitrogens with one attached hydrogen (secondary N) is 1. The molecule has 0 aliphatic heterocycles. The maximum atomic E-state index is 4.82. The normalized spacial score (nSPS) is 11.1. The number of hydrogen-bond donors (Lipinski definition) is 1. The molecular weight excluding hydrogens is 390 g/mol. The third-order valence-electron chi connectivity index (χ3n) is 4.18. The minimum atomic E-state index is 0.677. The highest BCUT2D eigenvalue weighted by Gasteiger charge is 2.14. The van der Waals surface area contributed by atoms with Crippen LogP contribution >= 0.6 is 15.9 Å². The predicted molar refractivity (Wildman–Crippen MR) is 108 cm³/mol. The third-order valence-corrected chi connectivity index (χ3v) is 5.07. The van der Waals surface area contributed by atoms with Gasteiger partial charge in [0.15, 0.2) is 11.6 Å². The van der Waals surface area contributed by atoms with Crippen molar-refractivity contribution < 1.29 is 0 Å². The van der Waals surface area contributed by atoms with E-state index in [9.17, 15) is 0 Å². The van der Waals surface area contributed by atoms with E-state index in [1.807, 2.05) is 61.0 Å². The second-order valence-electron chi connectivity index (χ2n) is 6.31. The highest BCUT2D eigenvalue weighted by molar-refractivity contribution is 9.10. The minimum Gasteiger partial charge on any atom is -0.337 e. The second-order valence-corrected chi connectivity index (χ2v) is 7.17. The molecule has 6 heteroatoms. The van der Waals surface area contributed by atoms with Crippen LogP contribution in [-0.4, -0.2) is 19.7 Å². The Labute approximate surface area is 160 Å². The lowest BCUT2D eigenvalue weighted by molar-refractivity contribution is 0.808. The minimum absolute atomic E-state index is 0.677. The molecule has 0 bridgehead atoms. The lowest BCUT2D eigenvalue weighted by Crippen LogP contribution is -2.08. The average molecular weight is 408 g/mol. The zero-order valence-corrected chi connectivity index (χ0v) is 16.4. The molecule has 0 radical (unpaired) electrons. The zero-order chi connectivity index (χ0) is 18.3. The van der Waals surface area contributed by atoms with Crippen LogP contribution in [0.4, 0.5) is 11.5 Å². The van der Waals surface area contributed by atoms with Crippen molar-refractivity contribution in [2.75, 3.05) is 5.32 Å². The van der Waals surface area contributed by atoms with Gasteiger partial charge < -0.3 is 5.32 Å². The van der Waals surface area contributed by atoms with E-state index in [1.165, 1.54) is 0 Å². The third kappa shape index (κ3) is 3.08. The Morgan fingerprint density at radius 1 is 0.923 bits per heavy atom. The molecule has 4 rings (SSSR count). The standard InChI is InChI=1S/C20H18BrN5/c1-12-10-15(8-9-16(12)21)22-19-20(26-14(3)11-13(2)25-26)24-18-7-5-4-6-17(18)23-19/h4-11H,1-3H3,(H,22,23). The average Bonchev–Trinajstić information content (AvgIpc) is 2.96. The largest absolute Gasteiger partial charge is 0.337 e. The Morgan fingerprint density at radius 3 is 2.31 bits per heavy atom. The molecule has 0 aliphatic carbocycles. The van der Waals surface area contributed by atoms with Gasteiger partial charge in [0.2, 0.25) is 0 Å². The molecule has 26 heavy (non-hydrogen) atoms. The molecule has 2 heterocycles. The molecular formula is C20H18BrN5. The van der Waals surface area contributed by atoms with Gasteiger partial charge in [-0.05, 0) is 62.7 Å². The van der Waals surface area contributed by atoms with Gasteiger partial charge in [-0.2, -0.15) is 5.10 Å². The van der Waals surface area contributed by atoms with Crippen molar-refractivity contribution >= 4 is 38.5 Å². The SMILES string of the molecule is Cc1cc(C)n(-c2nc3ccccc3nc2Nc2ccc(Br)c(C)c2)n1. The summed E-state index contributed by atoms with van der Waals surface area (Å²) < 4.78 is 2.91. The summed E-state index contributed by atoms with van der Waals surface area (Å²) in [5.74, 6) is 1.37. The first-order valence-electron chi connectivity index (χ1n) is 8.35. The molecule has 0 saturated carbocycles. The van der Waals surface area contributed by atoms with E-state index in [0.29, 0.717) is 11.6 Å². The van der Waals surface area contributed by atoms with Crippen LogP contribution in [0.2, 0.25) is 0 Å². The van der Waals surface area contributed by atoms with Crippen molar-refractivity contribution in [2.45, 2.75) is 20.8 Å². The quantitative estimate of drug-likeness (QED) is 0.503. The Balaban J connectivity index is 1.89. The van der Waals surface area contributed by atoms with Crippen LogP contribution in [-0.2, 0) is 0 Å². The topological polar surface area (TPSA) is 55.6 Å². The summed E-state index contributed by atoms with van der Waals surface area (Å²) in [4.78, 5) is 9.63. The number of halogens is 1. The summed E-state index contributed by atoms with van der Waals surface area (Å²) in [6.07, 6.45) is 0. The Bertz CT molecular complexity index is 1120. The summed E-state index contributed by atoms with van der Waals surface area (Å²) in [5, 5.41) is 8.00. The first kappa shape index (κ1) is 16.7. The van der Waals surface area contributed by atoms with E-state index in [4.69, 9.17) is 9.97 Å². The van der Waals surface area contributed by atoms with Gasteiger partial charge in [0.25, 0.3) is 0 Å². The van der Waals surface area contributed by atoms with Crippen LogP contribution in [0.3, 0.4) is 0 Å². The molecule has 0 atom stereocenters. The van der Waals surface area contributed by atoms with Gasteiger partial charge in [-0.3, -0.25) is 0 Å². The maximum absolute atomic E-state index is 4.82. The van der Waals surface area contributed by atoms with E-state index >= 15 is 0 Å². The van der Waals surface area contributed by atoms with Crippen LogP contribution in [0.1, 0.15) is 17.0 Å². The fraction of sp³-hybridized carbons (Fsp3) is 0.150. The molecule has 2 aromatic carbocycles. The monoisotopic (exact) mass is 407 g/mol. The number of aromatic nitrogens is 4. The summed E-state index contributed by atoms with van der Waals surface area (Å²) in [5.41, 5.74) is 5.75. The number of rotatable bonds is 3. The van der Waals surface area contributed by atoms with Crippen molar-refractivity contribution in [2.24, 2.45) is 0 Å². The van der Waals surface area contributed by atoms with E-state index in [0.717, 1.165) is 38.1 Å². The number of anilines is 2. The molecule has 0 spiro atoms. The molecule has 0 amide bonds. The van der Waals surface area contributed by atoms with Crippen LogP contribution in [0, 0.1) is 20.8 Å². The molecule has 0 aliphatic rings. The Kier molecular flexibility index (Phi) is 4.20. The van der Waals surface area contributed by atoms with E-state index in [-0.39, 0.29) is 0 Å². The Hall–Kier alpha value is -2.73. The van der Waals surface area contributed by atoms with E-state index in [2.05, 4.69) is 39.3 Å². The summed E-state index contributed by atoms with van der Waals surface area (Å²) in [6.45, 7) is 6.05. The van der Waals surface area contributed by atoms with Gasteiger partial charge in [-0.15, -0.1) is 0 Å². The van der Waals surface area contributed by atoms with Crippen LogP contribution in [0.5, 0.6) is 0 Å². The molecule has 4 aromatic rings. The van der Waals surface area contributed by atoms with Gasteiger partial charge in [-0.25, -0.2) is 14.6 Å². The van der Waals surface area contributed by atoms with E-state index < -0.39 is 0 Å². The summed E-state index contributed by atoms with van der Waals surface area (Å²) in [6, 6.07) is 16.0. The van der Waals surface area contributed by atoms with Crippen molar-refractivity contribution in [3.63, 3.8) is 0 Å². The highest BCUT2D eigenvalue weighted by Crippen LogP contribution is 2.27. The molecule has 130 valence electrons. The van der Waals surface area contributed by atoms with Gasteiger partial charge in [0, 0.05) is 15.9 Å². The van der Waals surface area contributed by atoms with Crippen LogP contribution in [0.15, 0.2) is 53.0 Å². The molecule has 0 unspecified atom stereocenters. The zero-order valence-electron chi connectivity index (χ0n) is 14.8. The van der Waals surface area contributed by atoms with Crippen molar-refractivity contribution in [3.8, 4) is 5.82 Å². The lowest BCUT2D eigenvalue weighted by atomic mass is 10.2. The number of benzene rings is 2. The van der Waals surface area contributed by atoms with Crippen LogP contribution in [0.25, 0.3) is 16.9 Å². The van der Waals surface area contributed by atoms with Crippen LogP contribution < -0.4 is 5.32 Å². The van der Waals surface area contributed by atoms with Gasteiger partial charge in [-0.1, -0.05) is 28.1 Å². The molecule has 0 fully saturated rings. The van der Waals surface area contributed by atoms with Crippen molar-refractivity contribution in [3.05, 3.63) is 70.0 Å². The maximum Gasteiger partial charge on any atom is 0.197 e. The fourth-order valence-electron chi connectivity index (χ4n) is 2.92. The molecule has 1 N–H and O–H groups in total. The van der Waals surface area contributed by atoms with Gasteiger partial charge in [0.1, 0.15) is 0 Å². The number of hydrogen-bond acceptors (Lipinski definition) is 4. The Morgan fingerprint density at radius 2 is 1.65 bits per heavy atom. The second kappa shape index (κ2) is 6.53. The number of nitrogens with zero attached hydrogens (tertiary/aromatic N) is 4. The van der Waals surface area contributed by atoms with E-state index in [1.54, 1.807) is 0 Å². The molecule has 5 nitrogen and oxygen atoms in total. The van der Waals surface area contributed by atoms with Crippen molar-refractivity contribution in [1.82, 2.24) is 19.7 Å². The number of aryl methyl sites for hydroxylation is 3. The first-order chi connectivity index (χ1) is 12.5. The summed E-state index contributed by atoms with van der Waals surface area (Å²) >= 11 is 3.54. The lowest BCUT2D eigenvalue weighted by Gasteiger charge is -2.13. The van der Waals surface area contributed by atoms with Crippen molar-refractivity contribution in [1.29, 1.82) is 0 Å². The highest BCUT2D eigenvalue weighted by atomic mass is 79.9. The fourth-order valence-corrected chi connectivity index (χ4v) is 3.17. The number of para-hydroxylation sites is 2. The predicted octanol–water partition coefficient (Wildman–Crippen LogP) is 5.25. The first-order valence-corrected chi connectivity index (χ1v) is 9.14. The molecule has 2 aromatic heterocycles. The smallest absolute Gasteiger partial charge is 0.197 e. The van der Waals surface area contributed by atoms with Gasteiger partial charge >= 0.3 is 0 Å². The molecule has 0 saturated heterocycles. The number of fused-ring (bicyclic) bond motifs is 1. The summed E-state index contributed by atoms with van der Waals surface area (Å²) in [7, 11) is 0. The van der Waals surface area contributed by atoms with Gasteiger partial charge in [0.05, 0.1) is 16.7 Å².